The monoisotopic (exact) mass is 327 g/mol. The van der Waals surface area contributed by atoms with Crippen molar-refractivity contribution in [2.24, 2.45) is 5.41 Å². The Kier molecular flexibility index (Phi) is 3.27. The molecule has 0 saturated heterocycles. The van der Waals surface area contributed by atoms with Crippen LogP contribution in [0.4, 0.5) is 11.4 Å². The molecule has 2 aromatic heterocycles. The van der Waals surface area contributed by atoms with Gasteiger partial charge in [-0.2, -0.15) is 0 Å². The lowest BCUT2D eigenvalue weighted by Crippen LogP contribution is -2.31. The quantitative estimate of drug-likeness (QED) is 0.661. The summed E-state index contributed by atoms with van der Waals surface area (Å²) in [6, 6.07) is 14.5. The number of nitrogens with one attached hydrogen (secondary N) is 2. The van der Waals surface area contributed by atoms with E-state index in [4.69, 9.17) is 0 Å². The minimum absolute atomic E-state index is 0.400. The van der Waals surface area contributed by atoms with Crippen LogP contribution < -0.4 is 5.32 Å². The van der Waals surface area contributed by atoms with Crippen molar-refractivity contribution in [3.63, 3.8) is 0 Å². The van der Waals surface area contributed by atoms with Gasteiger partial charge in [0.1, 0.15) is 0 Å². The van der Waals surface area contributed by atoms with Gasteiger partial charge in [0.2, 0.25) is 0 Å². The number of allylic oxidation sites excluding steroid dienone is 1. The van der Waals surface area contributed by atoms with E-state index in [1.165, 1.54) is 36.1 Å². The van der Waals surface area contributed by atoms with E-state index in [-0.39, 0.29) is 0 Å². The lowest BCUT2D eigenvalue weighted by Gasteiger charge is -2.41. The molecule has 2 heterocycles. The molecule has 0 radical (unpaired) electrons. The molecule has 1 spiro atoms. The van der Waals surface area contributed by atoms with Gasteiger partial charge in [-0.25, -0.2) is 0 Å². The summed E-state index contributed by atoms with van der Waals surface area (Å²) in [5.41, 5.74) is 7.64. The smallest absolute Gasteiger partial charge is 0.0720 e. The molecule has 0 bridgehead atoms. The predicted molar refractivity (Wildman–Crippen MR) is 103 cm³/mol. The lowest BCUT2D eigenvalue weighted by molar-refractivity contribution is 0.201. The zero-order chi connectivity index (χ0) is 16.7. The van der Waals surface area contributed by atoms with Crippen molar-refractivity contribution >= 4 is 17.5 Å². The number of nitrogens with zero attached hydrogens (tertiary/aromatic N) is 1. The molecule has 3 heteroatoms. The van der Waals surface area contributed by atoms with Gasteiger partial charge in [-0.3, -0.25) is 4.98 Å². The minimum Gasteiger partial charge on any atom is -0.356 e. The maximum absolute atomic E-state index is 4.16. The maximum Gasteiger partial charge on any atom is 0.0720 e. The van der Waals surface area contributed by atoms with Gasteiger partial charge in [0.15, 0.2) is 0 Å². The first-order valence-electron chi connectivity index (χ1n) is 9.00. The largest absolute Gasteiger partial charge is 0.356 e. The van der Waals surface area contributed by atoms with Crippen LogP contribution in [0.5, 0.6) is 0 Å². The molecule has 1 aromatic carbocycles. The van der Waals surface area contributed by atoms with Gasteiger partial charge in [-0.05, 0) is 48.9 Å². The number of H-pyrrole nitrogens is 1. The van der Waals surface area contributed by atoms with Gasteiger partial charge in [0.25, 0.3) is 0 Å². The number of fused-ring (bicyclic) bond motifs is 1. The second kappa shape index (κ2) is 5.62. The number of pyridine rings is 1. The highest BCUT2D eigenvalue weighted by Crippen LogP contribution is 2.50. The number of benzene rings is 1. The van der Waals surface area contributed by atoms with E-state index in [1.807, 2.05) is 18.5 Å². The zero-order valence-electron chi connectivity index (χ0n) is 14.1. The minimum atomic E-state index is 0.400. The molecule has 1 fully saturated rings. The van der Waals surface area contributed by atoms with Gasteiger partial charge in [0.05, 0.1) is 11.4 Å². The van der Waals surface area contributed by atoms with Crippen molar-refractivity contribution in [1.29, 1.82) is 0 Å². The number of aromatic amines is 1. The fraction of sp³-hybridized carbons (Fsp3) is 0.227. The molecule has 25 heavy (non-hydrogen) atoms. The molecule has 3 nitrogen and oxygen atoms in total. The van der Waals surface area contributed by atoms with Crippen molar-refractivity contribution in [1.82, 2.24) is 9.97 Å². The molecule has 3 aromatic rings. The van der Waals surface area contributed by atoms with E-state index < -0.39 is 0 Å². The van der Waals surface area contributed by atoms with Gasteiger partial charge in [-0.15, -0.1) is 0 Å². The zero-order valence-corrected chi connectivity index (χ0v) is 14.1. The highest BCUT2D eigenvalue weighted by Gasteiger charge is 2.38. The molecular weight excluding hydrogens is 306 g/mol. The van der Waals surface area contributed by atoms with Crippen LogP contribution in [0.25, 0.3) is 17.3 Å². The Morgan fingerprint density at radius 3 is 2.52 bits per heavy atom. The summed E-state index contributed by atoms with van der Waals surface area (Å²) < 4.78 is 0. The number of rotatable bonds is 3. The van der Waals surface area contributed by atoms with Gasteiger partial charge in [-0.1, -0.05) is 36.8 Å². The number of para-hydroxylation sites is 1. The van der Waals surface area contributed by atoms with Crippen LogP contribution in [0.2, 0.25) is 0 Å². The first-order chi connectivity index (χ1) is 12.3. The van der Waals surface area contributed by atoms with Gasteiger partial charge in [0, 0.05) is 34.9 Å². The average Bonchev–Trinajstić information content (AvgIpc) is 2.99. The van der Waals surface area contributed by atoms with E-state index in [1.54, 1.807) is 0 Å². The Balaban J connectivity index is 1.62. The van der Waals surface area contributed by atoms with Gasteiger partial charge < -0.3 is 10.3 Å². The summed E-state index contributed by atoms with van der Waals surface area (Å²) in [4.78, 5) is 7.88. The van der Waals surface area contributed by atoms with Crippen LogP contribution >= 0.6 is 0 Å². The van der Waals surface area contributed by atoms with E-state index in [9.17, 15) is 0 Å². The van der Waals surface area contributed by atoms with E-state index >= 15 is 0 Å². The summed E-state index contributed by atoms with van der Waals surface area (Å²) in [7, 11) is 0. The Hall–Kier alpha value is -2.81. The average molecular weight is 327 g/mol. The second-order valence-corrected chi connectivity index (χ2v) is 7.22. The topological polar surface area (TPSA) is 40.7 Å². The number of hydrogen-bond donors (Lipinski definition) is 2. The molecule has 124 valence electrons. The fourth-order valence-electron chi connectivity index (χ4n) is 4.07. The van der Waals surface area contributed by atoms with Crippen LogP contribution in [-0.4, -0.2) is 9.97 Å². The predicted octanol–water partition coefficient (Wildman–Crippen LogP) is 5.56. The van der Waals surface area contributed by atoms with Crippen molar-refractivity contribution in [3.05, 3.63) is 72.2 Å². The summed E-state index contributed by atoms with van der Waals surface area (Å²) in [5.74, 6) is 0. The molecule has 0 atom stereocenters. The van der Waals surface area contributed by atoms with Crippen LogP contribution in [0.3, 0.4) is 0 Å². The van der Waals surface area contributed by atoms with E-state index in [0.717, 1.165) is 23.5 Å². The first-order valence-corrected chi connectivity index (χ1v) is 9.00. The molecular formula is C22H21N3. The van der Waals surface area contributed by atoms with Crippen LogP contribution in [-0.2, 0) is 6.42 Å². The molecule has 2 aliphatic carbocycles. The maximum atomic E-state index is 4.16. The molecule has 0 amide bonds. The Morgan fingerprint density at radius 2 is 1.80 bits per heavy atom. The highest BCUT2D eigenvalue weighted by atomic mass is 14.9. The number of hydrogen-bond acceptors (Lipinski definition) is 2. The Bertz CT molecular complexity index is 919. The van der Waals surface area contributed by atoms with Crippen LogP contribution in [0, 0.1) is 5.41 Å². The third kappa shape index (κ3) is 2.47. The van der Waals surface area contributed by atoms with Crippen molar-refractivity contribution in [2.75, 3.05) is 5.32 Å². The standard InChI is InChI=1S/C22H21N3/c1-2-5-17(6-3-1)24-21-18-7-12-22(10-4-11-22)15-19(18)25-20(21)16-8-13-23-14-9-16/h1-3,5-9,12-14,24-25H,4,10-11,15H2. The summed E-state index contributed by atoms with van der Waals surface area (Å²) in [5, 5.41) is 3.64. The SMILES string of the molecule is C1=CC2(CCC2)Cc2[nH]c(-c3ccncc3)c(Nc3ccccc3)c21. The third-order valence-electron chi connectivity index (χ3n) is 5.61. The molecule has 5 rings (SSSR count). The van der Waals surface area contributed by atoms with Gasteiger partial charge >= 0.3 is 0 Å². The number of aromatic nitrogens is 2. The fourth-order valence-corrected chi connectivity index (χ4v) is 4.07. The highest BCUT2D eigenvalue weighted by molar-refractivity contribution is 5.88. The molecule has 1 saturated carbocycles. The van der Waals surface area contributed by atoms with Crippen molar-refractivity contribution in [2.45, 2.75) is 25.7 Å². The molecule has 2 N–H and O–H groups in total. The lowest BCUT2D eigenvalue weighted by atomic mass is 9.64. The second-order valence-electron chi connectivity index (χ2n) is 7.22. The number of anilines is 2. The van der Waals surface area contributed by atoms with Crippen molar-refractivity contribution < 1.29 is 0 Å². The van der Waals surface area contributed by atoms with E-state index in [2.05, 4.69) is 63.8 Å². The van der Waals surface area contributed by atoms with Crippen LogP contribution in [0.1, 0.15) is 30.5 Å². The molecule has 0 aliphatic heterocycles. The summed E-state index contributed by atoms with van der Waals surface area (Å²) >= 11 is 0. The molecule has 0 unspecified atom stereocenters. The first kappa shape index (κ1) is 14.5. The van der Waals surface area contributed by atoms with Crippen molar-refractivity contribution in [3.8, 4) is 11.3 Å². The summed E-state index contributed by atoms with van der Waals surface area (Å²) in [6.07, 6.45) is 13.6. The van der Waals surface area contributed by atoms with Crippen LogP contribution in [0.15, 0.2) is 60.9 Å². The summed E-state index contributed by atoms with van der Waals surface area (Å²) in [6.45, 7) is 0. The Labute approximate surface area is 147 Å². The van der Waals surface area contributed by atoms with E-state index in [0.29, 0.717) is 5.41 Å². The Morgan fingerprint density at radius 1 is 1.00 bits per heavy atom. The third-order valence-corrected chi connectivity index (χ3v) is 5.61. The molecule has 2 aliphatic rings. The normalized spacial score (nSPS) is 17.1.